The van der Waals surface area contributed by atoms with E-state index in [1.54, 1.807) is 20.3 Å². The minimum atomic E-state index is -0.0426. The zero-order valence-corrected chi connectivity index (χ0v) is 12.8. The number of aromatic amines is 1. The summed E-state index contributed by atoms with van der Waals surface area (Å²) in [7, 11) is 3.14. The first-order chi connectivity index (χ1) is 11.2. The Bertz CT molecular complexity index is 1110. The number of hydrogen-bond donors (Lipinski definition) is 1. The molecule has 0 aliphatic rings. The zero-order valence-electron chi connectivity index (χ0n) is 12.8. The molecule has 4 aromatic rings. The molecule has 0 saturated carbocycles. The lowest BCUT2D eigenvalue weighted by molar-refractivity contribution is 0.397. The fourth-order valence-electron chi connectivity index (χ4n) is 3.01. The van der Waals surface area contributed by atoms with Crippen LogP contribution in [0.25, 0.3) is 32.6 Å². The third-order valence-electron chi connectivity index (χ3n) is 4.16. The molecular formula is C19H15NO3. The highest BCUT2D eigenvalue weighted by Gasteiger charge is 2.13. The van der Waals surface area contributed by atoms with Crippen molar-refractivity contribution in [3.8, 4) is 11.5 Å². The molecule has 4 heteroatoms. The highest BCUT2D eigenvalue weighted by Crippen LogP contribution is 2.30. The standard InChI is InChI=1S/C19H15NO3/c1-22-13-9-16-18(17(10-13)23-2)19(21)14-7-11-5-3-4-6-12(11)8-15(14)20-16/h3-10H,1-2H3,(H,20,21). The first kappa shape index (κ1) is 13.6. The van der Waals surface area contributed by atoms with Gasteiger partial charge in [-0.15, -0.1) is 0 Å². The van der Waals surface area contributed by atoms with Crippen molar-refractivity contribution in [2.24, 2.45) is 0 Å². The SMILES string of the molecule is COc1cc(OC)c2c(=O)c3cc4ccccc4cc3[nH]c2c1. The minimum absolute atomic E-state index is 0.0426. The molecule has 114 valence electrons. The smallest absolute Gasteiger partial charge is 0.200 e. The van der Waals surface area contributed by atoms with Gasteiger partial charge >= 0.3 is 0 Å². The maximum atomic E-state index is 13.0. The summed E-state index contributed by atoms with van der Waals surface area (Å²) < 4.78 is 10.7. The van der Waals surface area contributed by atoms with Crippen molar-refractivity contribution in [1.82, 2.24) is 4.98 Å². The number of H-pyrrole nitrogens is 1. The van der Waals surface area contributed by atoms with Gasteiger partial charge in [0.25, 0.3) is 0 Å². The molecule has 0 amide bonds. The van der Waals surface area contributed by atoms with Gasteiger partial charge in [0, 0.05) is 17.5 Å². The van der Waals surface area contributed by atoms with Gasteiger partial charge in [-0.2, -0.15) is 0 Å². The fourth-order valence-corrected chi connectivity index (χ4v) is 3.01. The molecule has 23 heavy (non-hydrogen) atoms. The number of aromatic nitrogens is 1. The minimum Gasteiger partial charge on any atom is -0.497 e. The highest BCUT2D eigenvalue weighted by molar-refractivity contribution is 6.02. The van der Waals surface area contributed by atoms with E-state index in [9.17, 15) is 4.79 Å². The Morgan fingerprint density at radius 3 is 2.30 bits per heavy atom. The average Bonchev–Trinajstić information content (AvgIpc) is 2.59. The van der Waals surface area contributed by atoms with Gasteiger partial charge < -0.3 is 14.5 Å². The van der Waals surface area contributed by atoms with Crippen molar-refractivity contribution in [3.05, 3.63) is 58.8 Å². The van der Waals surface area contributed by atoms with E-state index in [4.69, 9.17) is 9.47 Å². The van der Waals surface area contributed by atoms with Crippen molar-refractivity contribution in [3.63, 3.8) is 0 Å². The molecule has 0 bridgehead atoms. The Morgan fingerprint density at radius 2 is 1.61 bits per heavy atom. The summed E-state index contributed by atoms with van der Waals surface area (Å²) in [5, 5.41) is 3.32. The summed E-state index contributed by atoms with van der Waals surface area (Å²) in [4.78, 5) is 16.3. The molecule has 0 fully saturated rings. The maximum absolute atomic E-state index is 13.0. The lowest BCUT2D eigenvalue weighted by atomic mass is 10.0. The van der Waals surface area contributed by atoms with Crippen molar-refractivity contribution < 1.29 is 9.47 Å². The lowest BCUT2D eigenvalue weighted by Gasteiger charge is -2.10. The summed E-state index contributed by atoms with van der Waals surface area (Å²) >= 11 is 0. The lowest BCUT2D eigenvalue weighted by Crippen LogP contribution is -2.06. The number of fused-ring (bicyclic) bond motifs is 3. The van der Waals surface area contributed by atoms with Gasteiger partial charge in [-0.3, -0.25) is 4.79 Å². The van der Waals surface area contributed by atoms with E-state index >= 15 is 0 Å². The van der Waals surface area contributed by atoms with E-state index in [2.05, 4.69) is 4.98 Å². The third-order valence-corrected chi connectivity index (χ3v) is 4.16. The van der Waals surface area contributed by atoms with Crippen LogP contribution in [0.3, 0.4) is 0 Å². The van der Waals surface area contributed by atoms with Gasteiger partial charge in [0.15, 0.2) is 0 Å². The molecule has 0 atom stereocenters. The summed E-state index contributed by atoms with van der Waals surface area (Å²) in [6.45, 7) is 0. The summed E-state index contributed by atoms with van der Waals surface area (Å²) in [6.07, 6.45) is 0. The van der Waals surface area contributed by atoms with E-state index in [0.717, 1.165) is 16.3 Å². The molecule has 0 radical (unpaired) electrons. The van der Waals surface area contributed by atoms with Crippen LogP contribution in [0.15, 0.2) is 53.3 Å². The highest BCUT2D eigenvalue weighted by atomic mass is 16.5. The van der Waals surface area contributed by atoms with Crippen LogP contribution in [0.4, 0.5) is 0 Å². The van der Waals surface area contributed by atoms with Crippen LogP contribution in [0, 0.1) is 0 Å². The number of rotatable bonds is 2. The maximum Gasteiger partial charge on any atom is 0.200 e. The molecule has 3 aromatic carbocycles. The quantitative estimate of drug-likeness (QED) is 0.572. The van der Waals surface area contributed by atoms with Crippen LogP contribution >= 0.6 is 0 Å². The van der Waals surface area contributed by atoms with Crippen LogP contribution < -0.4 is 14.9 Å². The molecule has 1 heterocycles. The molecule has 1 aromatic heterocycles. The zero-order chi connectivity index (χ0) is 16.0. The fraction of sp³-hybridized carbons (Fsp3) is 0.105. The topological polar surface area (TPSA) is 51.3 Å². The largest absolute Gasteiger partial charge is 0.497 e. The van der Waals surface area contributed by atoms with Gasteiger partial charge in [0.05, 0.1) is 30.6 Å². The predicted molar refractivity (Wildman–Crippen MR) is 92.7 cm³/mol. The van der Waals surface area contributed by atoms with E-state index in [-0.39, 0.29) is 5.43 Å². The van der Waals surface area contributed by atoms with Gasteiger partial charge in [-0.05, 0) is 22.9 Å². The molecule has 1 N–H and O–H groups in total. The Hall–Kier alpha value is -3.01. The summed E-state index contributed by atoms with van der Waals surface area (Å²) in [6, 6.07) is 15.4. The van der Waals surface area contributed by atoms with Crippen molar-refractivity contribution in [1.29, 1.82) is 0 Å². The second kappa shape index (κ2) is 5.02. The average molecular weight is 305 g/mol. The van der Waals surface area contributed by atoms with Gasteiger partial charge in [-0.25, -0.2) is 0 Å². The number of hydrogen-bond acceptors (Lipinski definition) is 3. The molecule has 0 aliphatic heterocycles. The van der Waals surface area contributed by atoms with E-state index < -0.39 is 0 Å². The summed E-state index contributed by atoms with van der Waals surface area (Å²) in [5.74, 6) is 1.15. The number of benzene rings is 3. The molecule has 4 nitrogen and oxygen atoms in total. The number of nitrogens with one attached hydrogen (secondary N) is 1. The first-order valence-corrected chi connectivity index (χ1v) is 7.32. The van der Waals surface area contributed by atoms with Gasteiger partial charge in [0.2, 0.25) is 5.43 Å². The van der Waals surface area contributed by atoms with Gasteiger partial charge in [-0.1, -0.05) is 24.3 Å². The Labute approximate surface area is 132 Å². The molecule has 0 unspecified atom stereocenters. The predicted octanol–water partition coefficient (Wildman–Crippen LogP) is 3.85. The van der Waals surface area contributed by atoms with E-state index in [0.29, 0.717) is 27.8 Å². The van der Waals surface area contributed by atoms with Crippen LogP contribution in [-0.4, -0.2) is 19.2 Å². The van der Waals surface area contributed by atoms with Crippen LogP contribution in [0.1, 0.15) is 0 Å². The Balaban J connectivity index is 2.21. The Kier molecular flexibility index (Phi) is 2.98. The summed E-state index contributed by atoms with van der Waals surface area (Å²) in [5.41, 5.74) is 1.46. The first-order valence-electron chi connectivity index (χ1n) is 7.32. The number of ether oxygens (including phenoxy) is 2. The van der Waals surface area contributed by atoms with Crippen LogP contribution in [0.5, 0.6) is 11.5 Å². The third kappa shape index (κ3) is 2.03. The molecule has 4 rings (SSSR count). The molecular weight excluding hydrogens is 290 g/mol. The van der Waals surface area contributed by atoms with Gasteiger partial charge in [0.1, 0.15) is 11.5 Å². The van der Waals surface area contributed by atoms with Crippen LogP contribution in [-0.2, 0) is 0 Å². The monoisotopic (exact) mass is 305 g/mol. The van der Waals surface area contributed by atoms with E-state index in [1.165, 1.54) is 0 Å². The van der Waals surface area contributed by atoms with Crippen molar-refractivity contribution in [2.75, 3.05) is 14.2 Å². The molecule has 0 saturated heterocycles. The number of pyridine rings is 1. The van der Waals surface area contributed by atoms with Crippen molar-refractivity contribution in [2.45, 2.75) is 0 Å². The molecule has 0 spiro atoms. The number of methoxy groups -OCH3 is 2. The molecule has 0 aliphatic carbocycles. The van der Waals surface area contributed by atoms with Crippen LogP contribution in [0.2, 0.25) is 0 Å². The van der Waals surface area contributed by atoms with E-state index in [1.807, 2.05) is 42.5 Å². The second-order valence-corrected chi connectivity index (χ2v) is 5.45. The van der Waals surface area contributed by atoms with Crippen molar-refractivity contribution >= 4 is 32.6 Å². The Morgan fingerprint density at radius 1 is 0.870 bits per heavy atom. The second-order valence-electron chi connectivity index (χ2n) is 5.45. The normalized spacial score (nSPS) is 11.2.